The second-order valence-electron chi connectivity index (χ2n) is 3.43. The maximum Gasteiger partial charge on any atom is 0.119 e. The zero-order valence-electron chi connectivity index (χ0n) is 9.26. The molecule has 14 heavy (non-hydrogen) atoms. The molecule has 0 aliphatic heterocycles. The maximum atomic E-state index is 5.62. The molecule has 1 aromatic rings. The van der Waals surface area contributed by atoms with Crippen molar-refractivity contribution in [3.05, 3.63) is 15.6 Å². The standard InChI is InChI=1S/C10H18N2OS/c1-7(5-11-4)13-6-10-12-8(2)9(3)14-10/h7,11H,5-6H2,1-4H3. The van der Waals surface area contributed by atoms with Gasteiger partial charge in [0.15, 0.2) is 0 Å². The van der Waals surface area contributed by atoms with Crippen LogP contribution in [0.25, 0.3) is 0 Å². The van der Waals surface area contributed by atoms with Crippen LogP contribution in [0.4, 0.5) is 0 Å². The molecule has 1 heterocycles. The molecule has 0 radical (unpaired) electrons. The Labute approximate surface area is 89.5 Å². The summed E-state index contributed by atoms with van der Waals surface area (Å²) < 4.78 is 5.62. The van der Waals surface area contributed by atoms with E-state index in [4.69, 9.17) is 4.74 Å². The number of thiazole rings is 1. The van der Waals surface area contributed by atoms with Crippen LogP contribution in [0.15, 0.2) is 0 Å². The molecular formula is C10H18N2OS. The average molecular weight is 214 g/mol. The lowest BCUT2D eigenvalue weighted by atomic mass is 10.4. The summed E-state index contributed by atoms with van der Waals surface area (Å²) in [6, 6.07) is 0. The minimum Gasteiger partial charge on any atom is -0.370 e. The molecule has 1 rings (SSSR count). The minimum absolute atomic E-state index is 0.240. The molecule has 0 bridgehead atoms. The van der Waals surface area contributed by atoms with Crippen LogP contribution in [0.5, 0.6) is 0 Å². The van der Waals surface area contributed by atoms with Gasteiger partial charge in [0.1, 0.15) is 5.01 Å². The van der Waals surface area contributed by atoms with Gasteiger partial charge in [0.2, 0.25) is 0 Å². The molecule has 1 atom stereocenters. The fraction of sp³-hybridized carbons (Fsp3) is 0.700. The molecule has 0 aromatic carbocycles. The number of nitrogens with one attached hydrogen (secondary N) is 1. The highest BCUT2D eigenvalue weighted by atomic mass is 32.1. The van der Waals surface area contributed by atoms with E-state index in [0.717, 1.165) is 17.2 Å². The Bertz CT molecular complexity index is 266. The summed E-state index contributed by atoms with van der Waals surface area (Å²) in [7, 11) is 1.93. The lowest BCUT2D eigenvalue weighted by Gasteiger charge is -2.10. The van der Waals surface area contributed by atoms with Gasteiger partial charge in [-0.15, -0.1) is 11.3 Å². The summed E-state index contributed by atoms with van der Waals surface area (Å²) >= 11 is 1.72. The molecule has 4 heteroatoms. The molecule has 1 unspecified atom stereocenters. The number of ether oxygens (including phenoxy) is 1. The van der Waals surface area contributed by atoms with E-state index in [1.165, 1.54) is 4.88 Å². The summed E-state index contributed by atoms with van der Waals surface area (Å²) in [4.78, 5) is 5.70. The minimum atomic E-state index is 0.240. The fourth-order valence-electron chi connectivity index (χ4n) is 1.16. The third kappa shape index (κ3) is 3.36. The Hall–Kier alpha value is -0.450. The van der Waals surface area contributed by atoms with E-state index in [0.29, 0.717) is 6.61 Å². The first-order chi connectivity index (χ1) is 6.63. The van der Waals surface area contributed by atoms with Gasteiger partial charge in [0.25, 0.3) is 0 Å². The predicted molar refractivity (Wildman–Crippen MR) is 59.8 cm³/mol. The van der Waals surface area contributed by atoms with Crippen LogP contribution in [0.2, 0.25) is 0 Å². The van der Waals surface area contributed by atoms with Crippen molar-refractivity contribution < 1.29 is 4.74 Å². The zero-order chi connectivity index (χ0) is 10.6. The van der Waals surface area contributed by atoms with E-state index in [-0.39, 0.29) is 6.10 Å². The molecule has 0 fully saturated rings. The summed E-state index contributed by atoms with van der Waals surface area (Å²) in [5, 5.41) is 4.15. The van der Waals surface area contributed by atoms with Crippen molar-refractivity contribution >= 4 is 11.3 Å². The van der Waals surface area contributed by atoms with Crippen LogP contribution in [0.3, 0.4) is 0 Å². The Kier molecular flexibility index (Phi) is 4.51. The predicted octanol–water partition coefficient (Wildman–Crippen LogP) is 1.88. The van der Waals surface area contributed by atoms with Crippen LogP contribution in [-0.2, 0) is 11.3 Å². The van der Waals surface area contributed by atoms with E-state index in [1.54, 1.807) is 11.3 Å². The van der Waals surface area contributed by atoms with Crippen molar-refractivity contribution in [1.82, 2.24) is 10.3 Å². The molecule has 80 valence electrons. The number of aryl methyl sites for hydroxylation is 2. The van der Waals surface area contributed by atoms with Gasteiger partial charge in [0.05, 0.1) is 18.4 Å². The molecule has 1 N–H and O–H groups in total. The lowest BCUT2D eigenvalue weighted by Crippen LogP contribution is -2.23. The normalized spacial score (nSPS) is 13.1. The Morgan fingerprint density at radius 3 is 2.71 bits per heavy atom. The highest BCUT2D eigenvalue weighted by Crippen LogP contribution is 2.17. The Morgan fingerprint density at radius 2 is 2.21 bits per heavy atom. The van der Waals surface area contributed by atoms with Gasteiger partial charge < -0.3 is 10.1 Å². The van der Waals surface area contributed by atoms with Crippen molar-refractivity contribution in [2.45, 2.75) is 33.5 Å². The summed E-state index contributed by atoms with van der Waals surface area (Å²) in [5.74, 6) is 0. The van der Waals surface area contributed by atoms with E-state index in [1.807, 2.05) is 14.0 Å². The highest BCUT2D eigenvalue weighted by molar-refractivity contribution is 7.11. The first-order valence-electron chi connectivity index (χ1n) is 4.82. The SMILES string of the molecule is CNCC(C)OCc1nc(C)c(C)s1. The average Bonchev–Trinajstić information content (AvgIpc) is 2.44. The lowest BCUT2D eigenvalue weighted by molar-refractivity contribution is 0.0543. The molecule has 0 spiro atoms. The molecule has 0 aliphatic rings. The van der Waals surface area contributed by atoms with Gasteiger partial charge in [-0.25, -0.2) is 4.98 Å². The van der Waals surface area contributed by atoms with E-state index in [9.17, 15) is 0 Å². The second-order valence-corrected chi connectivity index (χ2v) is 4.72. The highest BCUT2D eigenvalue weighted by Gasteiger charge is 2.06. The third-order valence-corrected chi connectivity index (χ3v) is 3.10. The largest absolute Gasteiger partial charge is 0.370 e. The van der Waals surface area contributed by atoms with Gasteiger partial charge in [0, 0.05) is 11.4 Å². The van der Waals surface area contributed by atoms with Crippen LogP contribution < -0.4 is 5.32 Å². The molecule has 0 saturated heterocycles. The first-order valence-corrected chi connectivity index (χ1v) is 5.64. The first kappa shape index (κ1) is 11.6. The molecule has 0 amide bonds. The molecule has 3 nitrogen and oxygen atoms in total. The van der Waals surface area contributed by atoms with Gasteiger partial charge in [-0.05, 0) is 27.8 Å². The third-order valence-electron chi connectivity index (χ3n) is 2.06. The van der Waals surface area contributed by atoms with Crippen LogP contribution in [0, 0.1) is 13.8 Å². The fourth-order valence-corrected chi connectivity index (χ4v) is 2.02. The Balaban J connectivity index is 2.38. The van der Waals surface area contributed by atoms with Crippen molar-refractivity contribution in [3.63, 3.8) is 0 Å². The number of aromatic nitrogens is 1. The monoisotopic (exact) mass is 214 g/mol. The van der Waals surface area contributed by atoms with E-state index < -0.39 is 0 Å². The maximum absolute atomic E-state index is 5.62. The summed E-state index contributed by atoms with van der Waals surface area (Å²) in [5.41, 5.74) is 1.12. The van der Waals surface area contributed by atoms with Crippen LogP contribution in [0.1, 0.15) is 22.5 Å². The quantitative estimate of drug-likeness (QED) is 0.812. The van der Waals surface area contributed by atoms with Gasteiger partial charge >= 0.3 is 0 Å². The van der Waals surface area contributed by atoms with Gasteiger partial charge in [-0.3, -0.25) is 0 Å². The number of rotatable bonds is 5. The van der Waals surface area contributed by atoms with Crippen LogP contribution >= 0.6 is 11.3 Å². The molecule has 1 aromatic heterocycles. The van der Waals surface area contributed by atoms with Crippen molar-refractivity contribution in [2.24, 2.45) is 0 Å². The molecule has 0 saturated carbocycles. The van der Waals surface area contributed by atoms with Crippen molar-refractivity contribution in [3.8, 4) is 0 Å². The topological polar surface area (TPSA) is 34.1 Å². The van der Waals surface area contributed by atoms with Crippen molar-refractivity contribution in [1.29, 1.82) is 0 Å². The molecule has 0 aliphatic carbocycles. The summed E-state index contributed by atoms with van der Waals surface area (Å²) in [6.07, 6.45) is 0.240. The smallest absolute Gasteiger partial charge is 0.119 e. The van der Waals surface area contributed by atoms with Crippen molar-refractivity contribution in [2.75, 3.05) is 13.6 Å². The van der Waals surface area contributed by atoms with E-state index >= 15 is 0 Å². The number of likely N-dealkylation sites (N-methyl/N-ethyl adjacent to an activating group) is 1. The second kappa shape index (κ2) is 5.44. The van der Waals surface area contributed by atoms with E-state index in [2.05, 4.69) is 24.1 Å². The zero-order valence-corrected chi connectivity index (χ0v) is 10.1. The summed E-state index contributed by atoms with van der Waals surface area (Å²) in [6.45, 7) is 7.69. The number of hydrogen-bond donors (Lipinski definition) is 1. The van der Waals surface area contributed by atoms with Gasteiger partial charge in [-0.2, -0.15) is 0 Å². The number of hydrogen-bond acceptors (Lipinski definition) is 4. The molecular weight excluding hydrogens is 196 g/mol. The van der Waals surface area contributed by atoms with Gasteiger partial charge in [-0.1, -0.05) is 0 Å². The van der Waals surface area contributed by atoms with Crippen LogP contribution in [-0.4, -0.2) is 24.7 Å². The Morgan fingerprint density at radius 1 is 1.50 bits per heavy atom. The number of nitrogens with zero attached hydrogens (tertiary/aromatic N) is 1.